The first-order valence-corrected chi connectivity index (χ1v) is 5.49. The summed E-state index contributed by atoms with van der Waals surface area (Å²) in [6.45, 7) is 3.99. The van der Waals surface area contributed by atoms with Crippen LogP contribution in [0.5, 0.6) is 0 Å². The van der Waals surface area contributed by atoms with Gasteiger partial charge in [0.1, 0.15) is 12.4 Å². The van der Waals surface area contributed by atoms with E-state index in [0.29, 0.717) is 5.92 Å². The van der Waals surface area contributed by atoms with Gasteiger partial charge in [-0.15, -0.1) is 0 Å². The maximum atomic E-state index is 12.0. The fraction of sp³-hybridized carbons (Fsp3) is 0.636. The van der Waals surface area contributed by atoms with Gasteiger partial charge in [0.15, 0.2) is 0 Å². The van der Waals surface area contributed by atoms with Crippen LogP contribution in [0.1, 0.15) is 19.8 Å². The molecule has 0 N–H and O–H groups in total. The Morgan fingerprint density at radius 3 is 2.93 bits per heavy atom. The molecular weight excluding hydrogens is 190 g/mol. The van der Waals surface area contributed by atoms with Gasteiger partial charge in [-0.1, -0.05) is 6.92 Å². The molecule has 1 aliphatic heterocycles. The summed E-state index contributed by atoms with van der Waals surface area (Å²) in [5.41, 5.74) is 0. The maximum Gasteiger partial charge on any atom is 0.415 e. The maximum absolute atomic E-state index is 12.0. The highest BCUT2D eigenvalue weighted by Gasteiger charge is 2.25. The Kier molecular flexibility index (Phi) is 2.75. The molecular formula is C11H18N3O+. The smallest absolute Gasteiger partial charge is 0.304 e. The van der Waals surface area contributed by atoms with Gasteiger partial charge >= 0.3 is 6.03 Å². The second kappa shape index (κ2) is 4.04. The summed E-state index contributed by atoms with van der Waals surface area (Å²) in [5, 5.41) is 0. The monoisotopic (exact) mass is 208 g/mol. The van der Waals surface area contributed by atoms with E-state index in [2.05, 4.69) is 6.92 Å². The van der Waals surface area contributed by atoms with Crippen molar-refractivity contribution in [1.29, 1.82) is 0 Å². The molecule has 0 saturated carbocycles. The molecule has 1 saturated heterocycles. The molecule has 0 radical (unpaired) electrons. The lowest BCUT2D eigenvalue weighted by atomic mass is 10.0. The fourth-order valence-corrected chi connectivity index (χ4v) is 2.09. The van der Waals surface area contributed by atoms with Crippen molar-refractivity contribution in [2.75, 3.05) is 13.1 Å². The molecule has 4 heteroatoms. The summed E-state index contributed by atoms with van der Waals surface area (Å²) in [6, 6.07) is 0.0992. The molecule has 1 aromatic rings. The van der Waals surface area contributed by atoms with Gasteiger partial charge in [0.2, 0.25) is 0 Å². The quantitative estimate of drug-likeness (QED) is 0.585. The first-order valence-electron chi connectivity index (χ1n) is 5.49. The van der Waals surface area contributed by atoms with E-state index in [9.17, 15) is 4.79 Å². The molecule has 0 bridgehead atoms. The van der Waals surface area contributed by atoms with E-state index in [0.717, 1.165) is 19.5 Å². The Morgan fingerprint density at radius 1 is 1.53 bits per heavy atom. The molecule has 0 spiro atoms. The predicted molar refractivity (Wildman–Crippen MR) is 56.4 cm³/mol. The number of likely N-dealkylation sites (tertiary alicyclic amines) is 1. The molecule has 1 aliphatic rings. The average Bonchev–Trinajstić information content (AvgIpc) is 2.64. The van der Waals surface area contributed by atoms with Crippen LogP contribution in [-0.2, 0) is 7.05 Å². The lowest BCUT2D eigenvalue weighted by molar-refractivity contribution is -0.670. The molecule has 1 aromatic heterocycles. The SMILES string of the molecule is C[C@H]1CCCN(C(=O)n2cc[n+](C)c2)C1. The van der Waals surface area contributed by atoms with Crippen LogP contribution >= 0.6 is 0 Å². The molecule has 1 atom stereocenters. The second-order valence-corrected chi connectivity index (χ2v) is 4.46. The van der Waals surface area contributed by atoms with Gasteiger partial charge in [0.05, 0.1) is 7.05 Å². The highest BCUT2D eigenvalue weighted by molar-refractivity contribution is 5.76. The first-order chi connectivity index (χ1) is 7.16. The number of rotatable bonds is 0. The number of piperidine rings is 1. The molecule has 2 heterocycles. The van der Waals surface area contributed by atoms with Gasteiger partial charge in [0, 0.05) is 13.1 Å². The summed E-state index contributed by atoms with van der Waals surface area (Å²) < 4.78 is 3.53. The van der Waals surface area contributed by atoms with Crippen LogP contribution < -0.4 is 4.57 Å². The number of carbonyl (C=O) groups is 1. The number of amides is 1. The molecule has 0 aliphatic carbocycles. The summed E-state index contributed by atoms with van der Waals surface area (Å²) in [7, 11) is 1.92. The number of aryl methyl sites for hydroxylation is 1. The summed E-state index contributed by atoms with van der Waals surface area (Å²) in [5.74, 6) is 0.631. The van der Waals surface area contributed by atoms with E-state index in [1.54, 1.807) is 4.57 Å². The summed E-state index contributed by atoms with van der Waals surface area (Å²) in [6.07, 6.45) is 7.86. The topological polar surface area (TPSA) is 29.1 Å². The van der Waals surface area contributed by atoms with E-state index in [1.807, 2.05) is 35.2 Å². The lowest BCUT2D eigenvalue weighted by Crippen LogP contribution is -2.41. The zero-order chi connectivity index (χ0) is 10.8. The van der Waals surface area contributed by atoms with Crippen LogP contribution in [-0.4, -0.2) is 28.6 Å². The van der Waals surface area contributed by atoms with Crippen molar-refractivity contribution in [1.82, 2.24) is 9.47 Å². The first kappa shape index (κ1) is 10.2. The molecule has 0 unspecified atom stereocenters. The third-order valence-corrected chi connectivity index (χ3v) is 2.92. The Hall–Kier alpha value is -1.32. The molecule has 82 valence electrons. The molecule has 15 heavy (non-hydrogen) atoms. The average molecular weight is 208 g/mol. The van der Waals surface area contributed by atoms with Crippen LogP contribution in [0.15, 0.2) is 18.7 Å². The highest BCUT2D eigenvalue weighted by Crippen LogP contribution is 2.15. The van der Waals surface area contributed by atoms with E-state index >= 15 is 0 Å². The van der Waals surface area contributed by atoms with Gasteiger partial charge in [-0.05, 0) is 18.8 Å². The van der Waals surface area contributed by atoms with Crippen LogP contribution in [0, 0.1) is 5.92 Å². The van der Waals surface area contributed by atoms with Crippen LogP contribution in [0.3, 0.4) is 0 Å². The van der Waals surface area contributed by atoms with Crippen molar-refractivity contribution < 1.29 is 9.36 Å². The molecule has 1 amide bonds. The van der Waals surface area contributed by atoms with Crippen molar-refractivity contribution in [2.24, 2.45) is 13.0 Å². The highest BCUT2D eigenvalue weighted by atomic mass is 16.2. The minimum absolute atomic E-state index is 0.0992. The largest absolute Gasteiger partial charge is 0.415 e. The Balaban J connectivity index is 2.07. The fourth-order valence-electron chi connectivity index (χ4n) is 2.09. The minimum Gasteiger partial charge on any atom is -0.304 e. The number of carbonyl (C=O) groups excluding carboxylic acids is 1. The number of nitrogens with zero attached hydrogens (tertiary/aromatic N) is 3. The molecule has 4 nitrogen and oxygen atoms in total. The number of imidazole rings is 1. The van der Waals surface area contributed by atoms with E-state index in [1.165, 1.54) is 6.42 Å². The normalized spacial score (nSPS) is 21.7. The standard InChI is InChI=1S/C11H18N3O/c1-10-4-3-5-13(8-10)11(15)14-7-6-12(2)9-14/h6-7,9-10H,3-5,8H2,1-2H3/q+1/t10-/m0/s1. The van der Waals surface area contributed by atoms with Gasteiger partial charge in [0.25, 0.3) is 6.33 Å². The summed E-state index contributed by atoms with van der Waals surface area (Å²) >= 11 is 0. The van der Waals surface area contributed by atoms with Gasteiger partial charge < -0.3 is 4.90 Å². The van der Waals surface area contributed by atoms with Crippen LogP contribution in [0.2, 0.25) is 0 Å². The zero-order valence-electron chi connectivity index (χ0n) is 9.39. The second-order valence-electron chi connectivity index (χ2n) is 4.46. The van der Waals surface area contributed by atoms with Crippen molar-refractivity contribution >= 4 is 6.03 Å². The third kappa shape index (κ3) is 2.19. The lowest BCUT2D eigenvalue weighted by Gasteiger charge is -2.28. The molecule has 0 aromatic carbocycles. The Labute approximate surface area is 90.1 Å². The predicted octanol–water partition coefficient (Wildman–Crippen LogP) is 1.01. The van der Waals surface area contributed by atoms with Crippen LogP contribution in [0.25, 0.3) is 0 Å². The molecule has 2 rings (SSSR count). The van der Waals surface area contributed by atoms with Gasteiger partial charge in [-0.2, -0.15) is 4.57 Å². The zero-order valence-corrected chi connectivity index (χ0v) is 9.39. The van der Waals surface area contributed by atoms with E-state index < -0.39 is 0 Å². The van der Waals surface area contributed by atoms with Gasteiger partial charge in [-0.3, -0.25) is 0 Å². The number of hydrogen-bond acceptors (Lipinski definition) is 1. The van der Waals surface area contributed by atoms with Crippen molar-refractivity contribution in [3.63, 3.8) is 0 Å². The Bertz CT molecular complexity index is 358. The van der Waals surface area contributed by atoms with Crippen molar-refractivity contribution in [3.8, 4) is 0 Å². The number of hydrogen-bond donors (Lipinski definition) is 0. The van der Waals surface area contributed by atoms with Crippen LogP contribution in [0.4, 0.5) is 4.79 Å². The molecule has 1 fully saturated rings. The van der Waals surface area contributed by atoms with E-state index in [4.69, 9.17) is 0 Å². The van der Waals surface area contributed by atoms with Gasteiger partial charge in [-0.25, -0.2) is 9.36 Å². The minimum atomic E-state index is 0.0992. The van der Waals surface area contributed by atoms with E-state index in [-0.39, 0.29) is 6.03 Å². The Morgan fingerprint density at radius 2 is 2.33 bits per heavy atom. The summed E-state index contributed by atoms with van der Waals surface area (Å²) in [4.78, 5) is 14.0. The third-order valence-electron chi connectivity index (χ3n) is 2.92. The number of aromatic nitrogens is 2. The van der Waals surface area contributed by atoms with Crippen molar-refractivity contribution in [3.05, 3.63) is 18.7 Å². The van der Waals surface area contributed by atoms with Crippen molar-refractivity contribution in [2.45, 2.75) is 19.8 Å².